The number of hydrogen-bond donors (Lipinski definition) is 0. The van der Waals surface area contributed by atoms with Gasteiger partial charge < -0.3 is 4.74 Å². The van der Waals surface area contributed by atoms with E-state index >= 15 is 0 Å². The summed E-state index contributed by atoms with van der Waals surface area (Å²) in [7, 11) is 1.70. The van der Waals surface area contributed by atoms with Crippen LogP contribution in [0.15, 0.2) is 36.4 Å². The molecule has 0 N–H and O–H groups in total. The Morgan fingerprint density at radius 3 is 2.55 bits per heavy atom. The van der Waals surface area contributed by atoms with Crippen molar-refractivity contribution in [3.05, 3.63) is 42.0 Å². The van der Waals surface area contributed by atoms with Gasteiger partial charge in [-0.1, -0.05) is 24.3 Å². The predicted octanol–water partition coefficient (Wildman–Crippen LogP) is 3.94. The van der Waals surface area contributed by atoms with Crippen LogP contribution in [0.25, 0.3) is 0 Å². The number of hydrogen-bond acceptors (Lipinski definition) is 2. The predicted molar refractivity (Wildman–Crippen MR) is 79.9 cm³/mol. The first kappa shape index (κ1) is 13.4. The van der Waals surface area contributed by atoms with E-state index in [1.807, 2.05) is 12.1 Å². The maximum atomic E-state index is 11.5. The number of rotatable bonds is 3. The SMILES string of the molecule is COc1ccc(C[C@H]2CC=CC23CCC(=O)CC3)cc1. The Morgan fingerprint density at radius 2 is 1.90 bits per heavy atom. The van der Waals surface area contributed by atoms with Gasteiger partial charge in [0.25, 0.3) is 0 Å². The Morgan fingerprint density at radius 1 is 1.20 bits per heavy atom. The molecule has 0 radical (unpaired) electrons. The highest BCUT2D eigenvalue weighted by atomic mass is 16.5. The van der Waals surface area contributed by atoms with Crippen LogP contribution in [0.3, 0.4) is 0 Å². The van der Waals surface area contributed by atoms with Crippen molar-refractivity contribution in [3.63, 3.8) is 0 Å². The van der Waals surface area contributed by atoms with E-state index in [0.29, 0.717) is 11.7 Å². The van der Waals surface area contributed by atoms with Crippen molar-refractivity contribution in [2.24, 2.45) is 11.3 Å². The second kappa shape index (κ2) is 5.43. The quantitative estimate of drug-likeness (QED) is 0.778. The molecule has 0 unspecified atom stereocenters. The van der Waals surface area contributed by atoms with Crippen LogP contribution in [0.4, 0.5) is 0 Å². The molecule has 106 valence electrons. The zero-order chi connectivity index (χ0) is 14.0. The van der Waals surface area contributed by atoms with Gasteiger partial charge >= 0.3 is 0 Å². The van der Waals surface area contributed by atoms with E-state index in [4.69, 9.17) is 4.74 Å². The zero-order valence-electron chi connectivity index (χ0n) is 12.1. The summed E-state index contributed by atoms with van der Waals surface area (Å²) < 4.78 is 5.21. The first-order valence-corrected chi connectivity index (χ1v) is 7.54. The zero-order valence-corrected chi connectivity index (χ0v) is 12.1. The highest BCUT2D eigenvalue weighted by molar-refractivity contribution is 5.79. The van der Waals surface area contributed by atoms with Crippen molar-refractivity contribution >= 4 is 5.78 Å². The van der Waals surface area contributed by atoms with Crippen molar-refractivity contribution in [2.75, 3.05) is 7.11 Å². The van der Waals surface area contributed by atoms with Crippen LogP contribution < -0.4 is 4.74 Å². The lowest BCUT2D eigenvalue weighted by Crippen LogP contribution is -2.32. The Kier molecular flexibility index (Phi) is 3.64. The van der Waals surface area contributed by atoms with Crippen molar-refractivity contribution in [1.82, 2.24) is 0 Å². The second-order valence-electron chi connectivity index (χ2n) is 6.16. The number of allylic oxidation sites excluding steroid dienone is 2. The van der Waals surface area contributed by atoms with E-state index in [1.165, 1.54) is 5.56 Å². The fourth-order valence-electron chi connectivity index (χ4n) is 3.74. The summed E-state index contributed by atoms with van der Waals surface area (Å²) in [6, 6.07) is 8.40. The van der Waals surface area contributed by atoms with Crippen LogP contribution in [-0.4, -0.2) is 12.9 Å². The third kappa shape index (κ3) is 2.52. The van der Waals surface area contributed by atoms with Gasteiger partial charge in [-0.3, -0.25) is 4.79 Å². The topological polar surface area (TPSA) is 26.3 Å². The van der Waals surface area contributed by atoms with E-state index in [1.54, 1.807) is 7.11 Å². The molecular formula is C18H22O2. The van der Waals surface area contributed by atoms with Crippen LogP contribution in [0, 0.1) is 11.3 Å². The highest BCUT2D eigenvalue weighted by Gasteiger charge is 2.41. The normalized spacial score (nSPS) is 24.2. The summed E-state index contributed by atoms with van der Waals surface area (Å²) in [5.41, 5.74) is 1.66. The molecule has 0 heterocycles. The lowest BCUT2D eigenvalue weighted by Gasteiger charge is -2.38. The van der Waals surface area contributed by atoms with E-state index < -0.39 is 0 Å². The standard InChI is InChI=1S/C18H22O2/c1-20-17-6-4-14(5-7-17)13-15-3-2-10-18(15)11-8-16(19)9-12-18/h2,4-7,10,15H,3,8-9,11-13H2,1H3/t15-/m1/s1. The van der Waals surface area contributed by atoms with Gasteiger partial charge in [0, 0.05) is 12.8 Å². The summed E-state index contributed by atoms with van der Waals surface area (Å²) >= 11 is 0. The van der Waals surface area contributed by atoms with Gasteiger partial charge in [0.2, 0.25) is 0 Å². The maximum Gasteiger partial charge on any atom is 0.132 e. The monoisotopic (exact) mass is 270 g/mol. The van der Waals surface area contributed by atoms with E-state index in [9.17, 15) is 4.79 Å². The number of ketones is 1. The summed E-state index contributed by atoms with van der Waals surface area (Å²) in [6.07, 6.45) is 10.6. The fourth-order valence-corrected chi connectivity index (χ4v) is 3.74. The fraction of sp³-hybridized carbons (Fsp3) is 0.500. The van der Waals surface area contributed by atoms with Crippen LogP contribution in [-0.2, 0) is 11.2 Å². The molecule has 3 rings (SSSR count). The summed E-state index contributed by atoms with van der Waals surface area (Å²) in [5.74, 6) is 2.01. The Balaban J connectivity index is 1.71. The minimum Gasteiger partial charge on any atom is -0.497 e. The van der Waals surface area contributed by atoms with E-state index in [0.717, 1.165) is 44.3 Å². The number of benzene rings is 1. The molecule has 0 bridgehead atoms. The van der Waals surface area contributed by atoms with Gasteiger partial charge in [0.05, 0.1) is 7.11 Å². The van der Waals surface area contributed by atoms with Crippen LogP contribution in [0.1, 0.15) is 37.7 Å². The molecule has 1 spiro atoms. The molecule has 20 heavy (non-hydrogen) atoms. The lowest BCUT2D eigenvalue weighted by molar-refractivity contribution is -0.122. The van der Waals surface area contributed by atoms with Crippen molar-refractivity contribution in [2.45, 2.75) is 38.5 Å². The van der Waals surface area contributed by atoms with E-state index in [2.05, 4.69) is 24.3 Å². The molecule has 0 amide bonds. The molecule has 1 fully saturated rings. The first-order valence-electron chi connectivity index (χ1n) is 7.54. The highest BCUT2D eigenvalue weighted by Crippen LogP contribution is 2.49. The summed E-state index contributed by atoms with van der Waals surface area (Å²) in [4.78, 5) is 11.5. The molecule has 0 saturated heterocycles. The Hall–Kier alpha value is -1.57. The minimum absolute atomic E-state index is 0.286. The molecule has 2 heteroatoms. The van der Waals surface area contributed by atoms with Gasteiger partial charge in [0.1, 0.15) is 11.5 Å². The van der Waals surface area contributed by atoms with Crippen LogP contribution in [0.5, 0.6) is 5.75 Å². The van der Waals surface area contributed by atoms with Gasteiger partial charge in [-0.15, -0.1) is 0 Å². The van der Waals surface area contributed by atoms with Crippen molar-refractivity contribution < 1.29 is 9.53 Å². The molecule has 1 atom stereocenters. The van der Waals surface area contributed by atoms with Gasteiger partial charge in [-0.25, -0.2) is 0 Å². The van der Waals surface area contributed by atoms with Gasteiger partial charge in [-0.05, 0) is 54.7 Å². The minimum atomic E-state index is 0.286. The van der Waals surface area contributed by atoms with Gasteiger partial charge in [0.15, 0.2) is 0 Å². The molecule has 0 aromatic heterocycles. The number of Topliss-reactive ketones (excluding diaryl/α,β-unsaturated/α-hetero) is 1. The first-order chi connectivity index (χ1) is 9.72. The Bertz CT molecular complexity index is 503. The second-order valence-corrected chi connectivity index (χ2v) is 6.16. The molecular weight excluding hydrogens is 248 g/mol. The smallest absolute Gasteiger partial charge is 0.132 e. The Labute approximate surface area is 120 Å². The number of ether oxygens (including phenoxy) is 1. The van der Waals surface area contributed by atoms with Crippen LogP contribution in [0.2, 0.25) is 0 Å². The largest absolute Gasteiger partial charge is 0.497 e. The van der Waals surface area contributed by atoms with Crippen LogP contribution >= 0.6 is 0 Å². The van der Waals surface area contributed by atoms with Crippen molar-refractivity contribution in [3.8, 4) is 5.75 Å². The molecule has 0 aliphatic heterocycles. The molecule has 1 saturated carbocycles. The van der Waals surface area contributed by atoms with E-state index in [-0.39, 0.29) is 5.41 Å². The number of methoxy groups -OCH3 is 1. The summed E-state index contributed by atoms with van der Waals surface area (Å²) in [6.45, 7) is 0. The molecule has 2 nitrogen and oxygen atoms in total. The molecule has 1 aromatic carbocycles. The number of carbonyl (C=O) groups excluding carboxylic acids is 1. The van der Waals surface area contributed by atoms with Gasteiger partial charge in [-0.2, -0.15) is 0 Å². The molecule has 1 aromatic rings. The third-order valence-electron chi connectivity index (χ3n) is 5.06. The molecule has 2 aliphatic rings. The average molecular weight is 270 g/mol. The lowest BCUT2D eigenvalue weighted by atomic mass is 9.66. The van der Waals surface area contributed by atoms with Crippen molar-refractivity contribution in [1.29, 1.82) is 0 Å². The maximum absolute atomic E-state index is 11.5. The molecule has 2 aliphatic carbocycles. The average Bonchev–Trinajstić information content (AvgIpc) is 2.86. The third-order valence-corrected chi connectivity index (χ3v) is 5.06. The number of carbonyl (C=O) groups is 1. The summed E-state index contributed by atoms with van der Waals surface area (Å²) in [5, 5.41) is 0.